The first-order chi connectivity index (χ1) is 46.7. The Morgan fingerprint density at radius 1 is 0.490 bits per heavy atom. The van der Waals surface area contributed by atoms with Crippen molar-refractivity contribution in [1.82, 2.24) is 10.2 Å². The molecule has 7 aromatic carbocycles. The van der Waals surface area contributed by atoms with Crippen molar-refractivity contribution in [3.63, 3.8) is 0 Å². The first-order valence-electron chi connectivity index (χ1n) is 34.3. The Bertz CT molecular complexity index is 4360. The second-order valence-electron chi connectivity index (χ2n) is 29.1. The zero-order valence-electron chi connectivity index (χ0n) is 59.4. The molecule has 3 unspecified atom stereocenters. The van der Waals surface area contributed by atoms with Crippen molar-refractivity contribution >= 4 is 51.7 Å². The number of allylic oxidation sites excluding steroid dienone is 3. The summed E-state index contributed by atoms with van der Waals surface area (Å²) >= 11 is 0. The van der Waals surface area contributed by atoms with Crippen LogP contribution in [0.1, 0.15) is 194 Å². The lowest BCUT2D eigenvalue weighted by Crippen LogP contribution is -2.33. The van der Waals surface area contributed by atoms with Gasteiger partial charge in [0.2, 0.25) is 0 Å². The minimum Gasteiger partial charge on any atom is -0.496 e. The average molecular weight is 1320 g/mol. The minimum absolute atomic E-state index is 0.00975. The van der Waals surface area contributed by atoms with E-state index in [2.05, 4.69) is 138 Å². The third-order valence-corrected chi connectivity index (χ3v) is 18.9. The maximum absolute atomic E-state index is 12.9. The summed E-state index contributed by atoms with van der Waals surface area (Å²) in [7, 11) is 5.08. The number of ether oxygens (including phenoxy) is 7. The van der Waals surface area contributed by atoms with Gasteiger partial charge >= 0.3 is 6.09 Å². The molecule has 7 heterocycles. The molecule has 0 aromatic heterocycles. The number of imide groups is 1. The number of hydrogen-bond acceptors (Lipinski definition) is 14. The highest BCUT2D eigenvalue weighted by atomic mass is 16.6. The Morgan fingerprint density at radius 2 is 0.847 bits per heavy atom. The number of nitrogens with one attached hydrogen (secondary N) is 4. The van der Waals surface area contributed by atoms with Gasteiger partial charge in [0.25, 0.3) is 11.8 Å². The van der Waals surface area contributed by atoms with Crippen LogP contribution in [0.4, 0.5) is 21.9 Å². The molecule has 0 bridgehead atoms. The highest BCUT2D eigenvalue weighted by Gasteiger charge is 2.40. The molecule has 0 spiro atoms. The SMILES string of the molecule is COc1cccc2c1-c1ccc3c(c1C(CCCN)O2)C(C)=CC(C)(C)N3.COc1cccc2c1-c1ccc3c(c1C(CCCN1C(=O)c4ccccc4C1=O)O2)C(C)=CC(C)(C)N3.COc1cccc2c1-c1ccc3c(c1C(CCCNC(=O)OC(C)(C)C)O2)C(C)=CC(C)(C)N3. The van der Waals surface area contributed by atoms with Crippen molar-refractivity contribution in [1.29, 1.82) is 0 Å². The normalized spacial score (nSPS) is 18.4. The predicted molar refractivity (Wildman–Crippen MR) is 392 cm³/mol. The number of fused-ring (bicyclic) bond motifs is 16. The van der Waals surface area contributed by atoms with Gasteiger partial charge in [-0.05, 0) is 228 Å². The molecule has 0 aliphatic carbocycles. The first kappa shape index (κ1) is 68.3. The lowest BCUT2D eigenvalue weighted by Gasteiger charge is -2.37. The highest BCUT2D eigenvalue weighted by Crippen LogP contribution is 2.56. The van der Waals surface area contributed by atoms with Crippen molar-refractivity contribution in [3.05, 3.63) is 178 Å². The fourth-order valence-corrected chi connectivity index (χ4v) is 15.4. The molecule has 16 nitrogen and oxygen atoms in total. The molecule has 0 saturated heterocycles. The molecular weight excluding hydrogens is 1230 g/mol. The number of benzene rings is 7. The Balaban J connectivity index is 0.000000142. The van der Waals surface area contributed by atoms with E-state index in [0.717, 1.165) is 110 Å². The first-order valence-corrected chi connectivity index (χ1v) is 34.3. The van der Waals surface area contributed by atoms with Gasteiger partial charge in [0.15, 0.2) is 0 Å². The Morgan fingerprint density at radius 3 is 1.19 bits per heavy atom. The van der Waals surface area contributed by atoms with E-state index < -0.39 is 11.7 Å². The number of carbonyl (C=O) groups excluding carboxylic acids is 3. The summed E-state index contributed by atoms with van der Waals surface area (Å²) in [5.74, 6) is 4.46. The number of amides is 3. The molecule has 14 rings (SSSR count). The van der Waals surface area contributed by atoms with Gasteiger partial charge in [-0.2, -0.15) is 0 Å². The number of anilines is 3. The predicted octanol–water partition coefficient (Wildman–Crippen LogP) is 18.3. The van der Waals surface area contributed by atoms with E-state index >= 15 is 0 Å². The van der Waals surface area contributed by atoms with Crippen LogP contribution in [0.5, 0.6) is 34.5 Å². The van der Waals surface area contributed by atoms with E-state index in [1.165, 1.54) is 55.1 Å². The van der Waals surface area contributed by atoms with E-state index in [9.17, 15) is 14.4 Å². The van der Waals surface area contributed by atoms with Crippen LogP contribution < -0.4 is 55.4 Å². The van der Waals surface area contributed by atoms with Crippen LogP contribution in [0.15, 0.2) is 133 Å². The van der Waals surface area contributed by atoms with Gasteiger partial charge in [0.05, 0.1) is 65.8 Å². The van der Waals surface area contributed by atoms with Crippen LogP contribution in [0.2, 0.25) is 0 Å². The van der Waals surface area contributed by atoms with Crippen molar-refractivity contribution in [2.75, 3.05) is 56.9 Å². The number of nitrogens with zero attached hydrogens (tertiary/aromatic N) is 1. The molecule has 3 atom stereocenters. The smallest absolute Gasteiger partial charge is 0.407 e. The summed E-state index contributed by atoms with van der Waals surface area (Å²) in [6.45, 7) is 26.7. The maximum Gasteiger partial charge on any atom is 0.407 e. The fraction of sp³-hybridized carbons (Fsp3) is 0.378. The summed E-state index contributed by atoms with van der Waals surface area (Å²) in [5.41, 5.74) is 26.5. The van der Waals surface area contributed by atoms with E-state index in [1.54, 1.807) is 45.6 Å². The topological polar surface area (TPSA) is 193 Å². The molecule has 7 aliphatic heterocycles. The molecular formula is C82H94N6O10. The van der Waals surface area contributed by atoms with Crippen LogP contribution in [-0.4, -0.2) is 86.0 Å². The summed E-state index contributed by atoms with van der Waals surface area (Å²) in [5, 5.41) is 13.8. The van der Waals surface area contributed by atoms with Gasteiger partial charge in [-0.1, -0.05) is 66.8 Å². The summed E-state index contributed by atoms with van der Waals surface area (Å²) in [6.07, 6.45) is 10.7. The fourth-order valence-electron chi connectivity index (χ4n) is 15.4. The zero-order chi connectivity index (χ0) is 69.8. The molecule has 0 fully saturated rings. The van der Waals surface area contributed by atoms with Gasteiger partial charge in [-0.15, -0.1) is 0 Å². The van der Waals surface area contributed by atoms with Crippen LogP contribution >= 0.6 is 0 Å². The van der Waals surface area contributed by atoms with Crippen LogP contribution in [0.25, 0.3) is 50.1 Å². The largest absolute Gasteiger partial charge is 0.496 e. The highest BCUT2D eigenvalue weighted by molar-refractivity contribution is 6.21. The molecule has 6 N–H and O–H groups in total. The van der Waals surface area contributed by atoms with Crippen LogP contribution in [0, 0.1) is 0 Å². The molecule has 98 heavy (non-hydrogen) atoms. The molecule has 512 valence electrons. The Kier molecular flexibility index (Phi) is 18.8. The van der Waals surface area contributed by atoms with Gasteiger partial charge in [0, 0.05) is 63.5 Å². The second kappa shape index (κ2) is 27.0. The molecule has 7 aromatic rings. The number of alkyl carbamates (subject to hydrolysis) is 1. The molecule has 7 aliphatic rings. The maximum atomic E-state index is 12.9. The third-order valence-electron chi connectivity index (χ3n) is 18.9. The monoisotopic (exact) mass is 1320 g/mol. The number of methoxy groups -OCH3 is 3. The van der Waals surface area contributed by atoms with Gasteiger partial charge < -0.3 is 60.2 Å². The quantitative estimate of drug-likeness (QED) is 0.0510. The van der Waals surface area contributed by atoms with Crippen LogP contribution in [0.3, 0.4) is 0 Å². The molecule has 0 radical (unpaired) electrons. The van der Waals surface area contributed by atoms with E-state index in [0.29, 0.717) is 43.6 Å². The minimum atomic E-state index is -0.512. The van der Waals surface area contributed by atoms with Gasteiger partial charge in [-0.25, -0.2) is 4.79 Å². The molecule has 3 amide bonds. The van der Waals surface area contributed by atoms with Gasteiger partial charge in [0.1, 0.15) is 58.4 Å². The summed E-state index contributed by atoms with van der Waals surface area (Å²) < 4.78 is 42.1. The number of rotatable bonds is 14. The van der Waals surface area contributed by atoms with Crippen LogP contribution in [-0.2, 0) is 4.74 Å². The lowest BCUT2D eigenvalue weighted by molar-refractivity contribution is 0.0523. The number of carbonyl (C=O) groups is 3. The third kappa shape index (κ3) is 13.4. The van der Waals surface area contributed by atoms with Crippen molar-refractivity contribution in [2.24, 2.45) is 5.73 Å². The Hall–Kier alpha value is -9.67. The summed E-state index contributed by atoms with van der Waals surface area (Å²) in [6, 6.07) is 37.8. The molecule has 0 saturated carbocycles. The number of hydrogen-bond donors (Lipinski definition) is 5. The van der Waals surface area contributed by atoms with E-state index in [1.807, 2.05) is 75.4 Å². The van der Waals surface area contributed by atoms with Crippen molar-refractivity contribution < 1.29 is 47.5 Å². The van der Waals surface area contributed by atoms with Crippen molar-refractivity contribution in [2.45, 2.75) is 162 Å². The average Bonchev–Trinajstić information content (AvgIpc) is 1.32. The van der Waals surface area contributed by atoms with E-state index in [4.69, 9.17) is 38.9 Å². The van der Waals surface area contributed by atoms with Gasteiger partial charge in [-0.3, -0.25) is 14.5 Å². The zero-order valence-corrected chi connectivity index (χ0v) is 59.4. The van der Waals surface area contributed by atoms with E-state index in [-0.39, 0.29) is 46.7 Å². The summed E-state index contributed by atoms with van der Waals surface area (Å²) in [4.78, 5) is 39.1. The lowest BCUT2D eigenvalue weighted by atomic mass is 9.81. The second-order valence-corrected chi connectivity index (χ2v) is 29.1. The molecule has 16 heteroatoms. The Labute approximate surface area is 577 Å². The van der Waals surface area contributed by atoms with Crippen molar-refractivity contribution in [3.8, 4) is 67.9 Å². The number of nitrogens with two attached hydrogens (primary N) is 1. The standard InChI is InChI=1S/C31H30N2O4.C28H36N2O4.C23H28N2O2/c1-18-17-31(2,3)32-22-15-14-21-27-23(36-4)11-7-12-24(27)37-25(28(21)26(18)22)13-8-16-33-29(34)19-9-5-6-10-20(19)30(33)35;1-17-16-28(5,6)30-19-14-13-18-24-20(32-7)10-8-11-21(24)33-22(25(18)23(17)19)12-9-15-29-26(31)34-27(2,3)4;1-14-13-23(2,3)25-16-11-10-15-21-17(26-4)7-5-8-18(21)27-19(9-6-12-24)22(15)20(14)16/h5-7,9-12,14-15,17,25,32H,8,13,16H2,1-4H3;8,10-11,13-14,16,22,30H,9,12,15H2,1-7H3,(H,29,31);5,7-8,10-11,13,19,25H,6,9,12,24H2,1-4H3.